The highest BCUT2D eigenvalue weighted by Crippen LogP contribution is 2.49. The first kappa shape index (κ1) is 9.94. The first-order valence-electron chi connectivity index (χ1n) is 4.28. The zero-order valence-electron chi connectivity index (χ0n) is 7.15. The van der Waals surface area contributed by atoms with Gasteiger partial charge in [0.05, 0.1) is 4.58 Å². The molecule has 3 heteroatoms. The van der Waals surface area contributed by atoms with Gasteiger partial charge in [-0.3, -0.25) is 0 Å². The summed E-state index contributed by atoms with van der Waals surface area (Å²) in [5.41, 5.74) is 1.46. The molecule has 13 heavy (non-hydrogen) atoms. The first-order chi connectivity index (χ1) is 6.40. The summed E-state index contributed by atoms with van der Waals surface area (Å²) in [7, 11) is 0. The van der Waals surface area contributed by atoms with Gasteiger partial charge in [0.25, 0.3) is 0 Å². The second-order valence-corrected chi connectivity index (χ2v) is 6.48. The van der Waals surface area contributed by atoms with E-state index >= 15 is 0 Å². The largest absolute Gasteiger partial charge is 0.142 e. The van der Waals surface area contributed by atoms with Crippen LogP contribution in [-0.2, 0) is 0 Å². The minimum absolute atomic E-state index is 0.656. The molecular formula is C10H11BrS2. The average molecular weight is 275 g/mol. The van der Waals surface area contributed by atoms with Gasteiger partial charge in [0.1, 0.15) is 0 Å². The van der Waals surface area contributed by atoms with Crippen molar-refractivity contribution in [1.29, 1.82) is 0 Å². The molecule has 1 aliphatic rings. The minimum atomic E-state index is 0.656. The van der Waals surface area contributed by atoms with Gasteiger partial charge in [-0.25, -0.2) is 0 Å². The summed E-state index contributed by atoms with van der Waals surface area (Å²) in [6.45, 7) is 0. The van der Waals surface area contributed by atoms with Gasteiger partial charge >= 0.3 is 0 Å². The minimum Gasteiger partial charge on any atom is -0.142 e. The van der Waals surface area contributed by atoms with Crippen LogP contribution in [0.15, 0.2) is 30.3 Å². The van der Waals surface area contributed by atoms with Gasteiger partial charge in [-0.15, -0.1) is 23.5 Å². The predicted octanol–water partition coefficient (Wildman–Crippen LogP) is 3.93. The maximum Gasteiger partial charge on any atom is 0.0755 e. The van der Waals surface area contributed by atoms with E-state index in [1.807, 2.05) is 0 Å². The summed E-state index contributed by atoms with van der Waals surface area (Å²) in [6.07, 6.45) is 0. The molecule has 1 heterocycles. The van der Waals surface area contributed by atoms with E-state index in [4.69, 9.17) is 0 Å². The molecule has 2 rings (SSSR count). The second-order valence-electron chi connectivity index (χ2n) is 2.99. The van der Waals surface area contributed by atoms with Gasteiger partial charge < -0.3 is 0 Å². The van der Waals surface area contributed by atoms with Crippen molar-refractivity contribution in [2.75, 3.05) is 11.1 Å². The van der Waals surface area contributed by atoms with E-state index in [0.717, 1.165) is 10.6 Å². The van der Waals surface area contributed by atoms with E-state index in [1.165, 1.54) is 11.3 Å². The van der Waals surface area contributed by atoms with Gasteiger partial charge in [0.15, 0.2) is 0 Å². The molecule has 0 N–H and O–H groups in total. The van der Waals surface area contributed by atoms with E-state index < -0.39 is 0 Å². The van der Waals surface area contributed by atoms with Gasteiger partial charge in [0.2, 0.25) is 0 Å². The molecule has 0 saturated carbocycles. The lowest BCUT2D eigenvalue weighted by molar-refractivity contribution is 1.18. The molecule has 70 valence electrons. The van der Waals surface area contributed by atoms with Crippen LogP contribution < -0.4 is 0 Å². The van der Waals surface area contributed by atoms with E-state index in [0.29, 0.717) is 4.58 Å². The molecule has 1 aliphatic heterocycles. The Kier molecular flexibility index (Phi) is 3.64. The highest BCUT2D eigenvalue weighted by atomic mass is 79.9. The van der Waals surface area contributed by atoms with Crippen LogP contribution in [0.2, 0.25) is 0 Å². The fourth-order valence-electron chi connectivity index (χ4n) is 1.31. The lowest BCUT2D eigenvalue weighted by Gasteiger charge is -2.08. The Balaban J connectivity index is 2.04. The van der Waals surface area contributed by atoms with Crippen LogP contribution in [0, 0.1) is 0 Å². The third kappa shape index (κ3) is 2.45. The molecular weight excluding hydrogens is 264 g/mol. The van der Waals surface area contributed by atoms with Crippen LogP contribution in [0.1, 0.15) is 10.1 Å². The molecule has 0 amide bonds. The van der Waals surface area contributed by atoms with Gasteiger partial charge in [-0.2, -0.15) is 0 Å². The Morgan fingerprint density at radius 2 is 2.08 bits per heavy atom. The zero-order valence-corrected chi connectivity index (χ0v) is 10.4. The van der Waals surface area contributed by atoms with Crippen LogP contribution >= 0.6 is 39.5 Å². The molecule has 0 radical (unpaired) electrons. The molecule has 1 fully saturated rings. The fourth-order valence-corrected chi connectivity index (χ4v) is 5.47. The second kappa shape index (κ2) is 4.76. The van der Waals surface area contributed by atoms with Crippen LogP contribution in [-0.4, -0.2) is 16.3 Å². The van der Waals surface area contributed by atoms with E-state index in [-0.39, 0.29) is 0 Å². The third-order valence-corrected chi connectivity index (χ3v) is 6.56. The molecule has 0 aromatic heterocycles. The van der Waals surface area contributed by atoms with Crippen LogP contribution in [0.4, 0.5) is 0 Å². The fraction of sp³-hybridized carbons (Fsp3) is 0.400. The Hall–Kier alpha value is 0.400. The zero-order chi connectivity index (χ0) is 9.10. The standard InChI is InChI=1S/C10H11BrS2/c11-6-9-7-12-10(13-9)8-4-2-1-3-5-8/h1-5,9-10H,6-7H2. The summed E-state index contributed by atoms with van der Waals surface area (Å²) in [4.78, 5) is 0. The van der Waals surface area contributed by atoms with Crippen LogP contribution in [0.5, 0.6) is 0 Å². The van der Waals surface area contributed by atoms with Crippen LogP contribution in [0.25, 0.3) is 0 Å². The van der Waals surface area contributed by atoms with Crippen molar-refractivity contribution < 1.29 is 0 Å². The number of benzene rings is 1. The Labute approximate surface area is 96.0 Å². The number of halogens is 1. The maximum atomic E-state index is 3.54. The van der Waals surface area contributed by atoms with E-state index in [1.54, 1.807) is 0 Å². The van der Waals surface area contributed by atoms with Crippen molar-refractivity contribution in [2.24, 2.45) is 0 Å². The smallest absolute Gasteiger partial charge is 0.0755 e. The average Bonchev–Trinajstić information content (AvgIpc) is 2.67. The molecule has 1 saturated heterocycles. The van der Waals surface area contributed by atoms with Crippen molar-refractivity contribution in [3.63, 3.8) is 0 Å². The summed E-state index contributed by atoms with van der Waals surface area (Å²) in [5, 5.41) is 1.91. The van der Waals surface area contributed by atoms with Gasteiger partial charge in [0, 0.05) is 16.3 Å². The Bertz CT molecular complexity index is 263. The third-order valence-electron chi connectivity index (χ3n) is 1.99. The van der Waals surface area contributed by atoms with Gasteiger partial charge in [-0.05, 0) is 5.56 Å². The molecule has 0 aliphatic carbocycles. The molecule has 2 unspecified atom stereocenters. The SMILES string of the molecule is BrCC1CSC(c2ccccc2)S1. The predicted molar refractivity (Wildman–Crippen MR) is 66.8 cm³/mol. The number of hydrogen-bond donors (Lipinski definition) is 0. The molecule has 0 bridgehead atoms. The monoisotopic (exact) mass is 274 g/mol. The van der Waals surface area contributed by atoms with Crippen LogP contribution in [0.3, 0.4) is 0 Å². The molecule has 0 nitrogen and oxygen atoms in total. The van der Waals surface area contributed by atoms with E-state index in [2.05, 4.69) is 69.8 Å². The highest BCUT2D eigenvalue weighted by Gasteiger charge is 2.25. The van der Waals surface area contributed by atoms with Crippen molar-refractivity contribution >= 4 is 39.5 Å². The summed E-state index contributed by atoms with van der Waals surface area (Å²) in [5.74, 6) is 1.27. The highest BCUT2D eigenvalue weighted by molar-refractivity contribution is 9.09. The Morgan fingerprint density at radius 1 is 1.31 bits per heavy atom. The van der Waals surface area contributed by atoms with Crippen molar-refractivity contribution in [3.8, 4) is 0 Å². The normalized spacial score (nSPS) is 27.8. The molecule has 1 aromatic carbocycles. The first-order valence-corrected chi connectivity index (χ1v) is 7.39. The lowest BCUT2D eigenvalue weighted by atomic mass is 10.2. The summed E-state index contributed by atoms with van der Waals surface area (Å²) in [6, 6.07) is 10.8. The quantitative estimate of drug-likeness (QED) is 0.750. The van der Waals surface area contributed by atoms with Crippen molar-refractivity contribution in [1.82, 2.24) is 0 Å². The summed E-state index contributed by atoms with van der Waals surface area (Å²) < 4.78 is 0.656. The van der Waals surface area contributed by atoms with E-state index in [9.17, 15) is 0 Å². The number of thioether (sulfide) groups is 2. The maximum absolute atomic E-state index is 3.54. The lowest BCUT2D eigenvalue weighted by Crippen LogP contribution is -2.00. The summed E-state index contributed by atoms with van der Waals surface area (Å²) >= 11 is 7.68. The van der Waals surface area contributed by atoms with Crippen molar-refractivity contribution in [3.05, 3.63) is 35.9 Å². The Morgan fingerprint density at radius 3 is 2.69 bits per heavy atom. The van der Waals surface area contributed by atoms with Gasteiger partial charge in [-0.1, -0.05) is 46.3 Å². The molecule has 1 aromatic rings. The number of alkyl halides is 1. The molecule has 2 atom stereocenters. The number of hydrogen-bond acceptors (Lipinski definition) is 2. The van der Waals surface area contributed by atoms with Crippen molar-refractivity contribution in [2.45, 2.75) is 9.83 Å². The number of rotatable bonds is 2. The molecule has 0 spiro atoms. The topological polar surface area (TPSA) is 0 Å².